The fourth-order valence-corrected chi connectivity index (χ4v) is 2.76. The lowest BCUT2D eigenvalue weighted by Gasteiger charge is -2.11. The number of rotatable bonds is 5. The molecule has 0 bridgehead atoms. The molecular formula is C23H16O5. The maximum absolute atomic E-state index is 12.4. The van der Waals surface area contributed by atoms with E-state index in [2.05, 4.69) is 0 Å². The fourth-order valence-electron chi connectivity index (χ4n) is 2.76. The Kier molecular flexibility index (Phi) is 4.89. The van der Waals surface area contributed by atoms with Crippen LogP contribution in [0.2, 0.25) is 0 Å². The number of benzene rings is 3. The van der Waals surface area contributed by atoms with Crippen molar-refractivity contribution in [2.45, 2.75) is 6.61 Å². The van der Waals surface area contributed by atoms with Crippen LogP contribution in [-0.4, -0.2) is 5.97 Å². The van der Waals surface area contributed by atoms with Gasteiger partial charge < -0.3 is 13.9 Å². The molecule has 28 heavy (non-hydrogen) atoms. The van der Waals surface area contributed by atoms with Crippen molar-refractivity contribution in [2.24, 2.45) is 0 Å². The number of para-hydroxylation sites is 3. The summed E-state index contributed by atoms with van der Waals surface area (Å²) in [4.78, 5) is 24.5. The smallest absolute Gasteiger partial charge is 0.351 e. The molecular weight excluding hydrogens is 356 g/mol. The third-order valence-corrected chi connectivity index (χ3v) is 4.16. The third-order valence-electron chi connectivity index (χ3n) is 4.16. The van der Waals surface area contributed by atoms with Crippen molar-refractivity contribution in [3.8, 4) is 11.5 Å². The van der Waals surface area contributed by atoms with E-state index in [0.29, 0.717) is 28.0 Å². The predicted molar refractivity (Wildman–Crippen MR) is 105 cm³/mol. The molecule has 0 spiro atoms. The molecule has 1 heterocycles. The molecule has 138 valence electrons. The van der Waals surface area contributed by atoms with Gasteiger partial charge in [0.1, 0.15) is 29.3 Å². The van der Waals surface area contributed by atoms with Crippen molar-refractivity contribution in [2.75, 3.05) is 0 Å². The highest BCUT2D eigenvalue weighted by Crippen LogP contribution is 2.25. The topological polar surface area (TPSA) is 65.7 Å². The Labute approximate surface area is 160 Å². The van der Waals surface area contributed by atoms with Crippen LogP contribution in [0.3, 0.4) is 0 Å². The summed E-state index contributed by atoms with van der Waals surface area (Å²) in [6, 6.07) is 25.0. The lowest BCUT2D eigenvalue weighted by Crippen LogP contribution is -2.16. The Balaban J connectivity index is 1.53. The number of hydrogen-bond donors (Lipinski definition) is 0. The zero-order valence-electron chi connectivity index (χ0n) is 14.8. The summed E-state index contributed by atoms with van der Waals surface area (Å²) >= 11 is 0. The molecule has 3 aromatic carbocycles. The van der Waals surface area contributed by atoms with E-state index in [0.717, 1.165) is 0 Å². The van der Waals surface area contributed by atoms with Gasteiger partial charge in [0.05, 0.1) is 0 Å². The molecule has 0 saturated heterocycles. The highest BCUT2D eigenvalue weighted by Gasteiger charge is 2.16. The van der Waals surface area contributed by atoms with Crippen LogP contribution >= 0.6 is 0 Å². The van der Waals surface area contributed by atoms with Gasteiger partial charge >= 0.3 is 11.6 Å². The molecule has 0 aliphatic heterocycles. The zero-order chi connectivity index (χ0) is 19.3. The fraction of sp³-hybridized carbons (Fsp3) is 0.0435. The van der Waals surface area contributed by atoms with Crippen molar-refractivity contribution in [3.63, 3.8) is 0 Å². The van der Waals surface area contributed by atoms with E-state index >= 15 is 0 Å². The quantitative estimate of drug-likeness (QED) is 0.367. The average molecular weight is 372 g/mol. The summed E-state index contributed by atoms with van der Waals surface area (Å²) in [5, 5.41) is 0.655. The minimum Gasteiger partial charge on any atom is -0.457 e. The van der Waals surface area contributed by atoms with Crippen LogP contribution in [0.5, 0.6) is 11.5 Å². The molecule has 4 aromatic rings. The largest absolute Gasteiger partial charge is 0.457 e. The highest BCUT2D eigenvalue weighted by atomic mass is 16.5. The van der Waals surface area contributed by atoms with Gasteiger partial charge in [-0.25, -0.2) is 9.59 Å². The van der Waals surface area contributed by atoms with Gasteiger partial charge in [-0.2, -0.15) is 0 Å². The summed E-state index contributed by atoms with van der Waals surface area (Å²) in [6.45, 7) is -0.0336. The first-order valence-electron chi connectivity index (χ1n) is 8.71. The molecule has 0 radical (unpaired) electrons. The minimum absolute atomic E-state index is 0.0336. The van der Waals surface area contributed by atoms with E-state index in [1.165, 1.54) is 6.07 Å². The number of carbonyl (C=O) groups excluding carboxylic acids is 1. The number of fused-ring (bicyclic) bond motifs is 1. The second kappa shape index (κ2) is 7.80. The second-order valence-corrected chi connectivity index (χ2v) is 6.08. The maximum atomic E-state index is 12.4. The van der Waals surface area contributed by atoms with Gasteiger partial charge in [0, 0.05) is 10.9 Å². The van der Waals surface area contributed by atoms with Gasteiger partial charge in [0.2, 0.25) is 0 Å². The number of carbonyl (C=O) groups is 1. The molecule has 0 amide bonds. The van der Waals surface area contributed by atoms with Crippen LogP contribution in [0.1, 0.15) is 15.9 Å². The van der Waals surface area contributed by atoms with Crippen LogP contribution in [0.4, 0.5) is 0 Å². The zero-order valence-corrected chi connectivity index (χ0v) is 14.8. The molecule has 4 rings (SSSR count). The summed E-state index contributed by atoms with van der Waals surface area (Å²) in [6.07, 6.45) is 0. The average Bonchev–Trinajstić information content (AvgIpc) is 2.73. The molecule has 0 fully saturated rings. The standard InChI is InChI=1S/C23H16O5/c24-22(19-14-16-8-4-6-12-20(16)28-23(19)25)26-15-17-9-5-7-13-21(17)27-18-10-2-1-3-11-18/h1-14H,15H2. The lowest BCUT2D eigenvalue weighted by atomic mass is 10.2. The Morgan fingerprint density at radius 3 is 2.43 bits per heavy atom. The van der Waals surface area contributed by atoms with Crippen LogP contribution in [-0.2, 0) is 11.3 Å². The summed E-state index contributed by atoms with van der Waals surface area (Å²) in [5.74, 6) is 0.512. The third kappa shape index (κ3) is 3.78. The lowest BCUT2D eigenvalue weighted by molar-refractivity contribution is 0.0466. The first kappa shape index (κ1) is 17.5. The van der Waals surface area contributed by atoms with Crippen molar-refractivity contribution in [1.82, 2.24) is 0 Å². The molecule has 5 heteroatoms. The Morgan fingerprint density at radius 1 is 0.857 bits per heavy atom. The van der Waals surface area contributed by atoms with Crippen molar-refractivity contribution in [1.29, 1.82) is 0 Å². The Morgan fingerprint density at radius 2 is 1.57 bits per heavy atom. The van der Waals surface area contributed by atoms with Gasteiger partial charge in [-0.1, -0.05) is 54.6 Å². The van der Waals surface area contributed by atoms with E-state index in [-0.39, 0.29) is 12.2 Å². The van der Waals surface area contributed by atoms with Crippen LogP contribution in [0.15, 0.2) is 94.1 Å². The monoisotopic (exact) mass is 372 g/mol. The summed E-state index contributed by atoms with van der Waals surface area (Å²) in [5.41, 5.74) is 0.244. The second-order valence-electron chi connectivity index (χ2n) is 6.08. The van der Waals surface area contributed by atoms with Crippen molar-refractivity contribution in [3.05, 3.63) is 106 Å². The number of ether oxygens (including phenoxy) is 2. The van der Waals surface area contributed by atoms with Gasteiger partial charge in [-0.3, -0.25) is 0 Å². The first-order chi connectivity index (χ1) is 13.7. The van der Waals surface area contributed by atoms with Gasteiger partial charge in [-0.05, 0) is 30.3 Å². The first-order valence-corrected chi connectivity index (χ1v) is 8.71. The van der Waals surface area contributed by atoms with Crippen LogP contribution in [0.25, 0.3) is 11.0 Å². The molecule has 0 saturated carbocycles. The van der Waals surface area contributed by atoms with E-state index < -0.39 is 11.6 Å². The molecule has 0 aliphatic rings. The van der Waals surface area contributed by atoms with Crippen LogP contribution < -0.4 is 10.4 Å². The van der Waals surface area contributed by atoms with E-state index in [1.54, 1.807) is 36.4 Å². The summed E-state index contributed by atoms with van der Waals surface area (Å²) in [7, 11) is 0. The normalized spacial score (nSPS) is 10.6. The molecule has 5 nitrogen and oxygen atoms in total. The maximum Gasteiger partial charge on any atom is 0.351 e. The van der Waals surface area contributed by atoms with Gasteiger partial charge in [0.25, 0.3) is 0 Å². The van der Waals surface area contributed by atoms with E-state index in [1.807, 2.05) is 42.5 Å². The Bertz CT molecular complexity index is 1180. The minimum atomic E-state index is -0.742. The highest BCUT2D eigenvalue weighted by molar-refractivity contribution is 5.92. The molecule has 1 aromatic heterocycles. The van der Waals surface area contributed by atoms with E-state index in [4.69, 9.17) is 13.9 Å². The molecule has 0 atom stereocenters. The Hall–Kier alpha value is -3.86. The van der Waals surface area contributed by atoms with E-state index in [9.17, 15) is 9.59 Å². The van der Waals surface area contributed by atoms with Crippen LogP contribution in [0, 0.1) is 0 Å². The number of hydrogen-bond acceptors (Lipinski definition) is 5. The predicted octanol–water partition coefficient (Wildman–Crippen LogP) is 4.94. The number of esters is 1. The van der Waals surface area contributed by atoms with Gasteiger partial charge in [0.15, 0.2) is 0 Å². The molecule has 0 N–H and O–H groups in total. The van der Waals surface area contributed by atoms with Gasteiger partial charge in [-0.15, -0.1) is 0 Å². The SMILES string of the molecule is O=C(OCc1ccccc1Oc1ccccc1)c1cc2ccccc2oc1=O. The summed E-state index contributed by atoms with van der Waals surface area (Å²) < 4.78 is 16.4. The van der Waals surface area contributed by atoms with Crippen molar-refractivity contribution >= 4 is 16.9 Å². The van der Waals surface area contributed by atoms with Crippen molar-refractivity contribution < 1.29 is 18.7 Å². The molecule has 0 aliphatic carbocycles. The molecule has 0 unspecified atom stereocenters.